The van der Waals surface area contributed by atoms with Gasteiger partial charge in [0.05, 0.1) is 0 Å². The summed E-state index contributed by atoms with van der Waals surface area (Å²) < 4.78 is 0. The number of carbonyl (C=O) groups is 1. The van der Waals surface area contributed by atoms with Gasteiger partial charge in [0.15, 0.2) is 5.96 Å². The second-order valence-electron chi connectivity index (χ2n) is 7.34. The molecular formula is C18H35IN4O. The number of carbonyl (C=O) groups excluding carboxylic acids is 1. The third-order valence-electron chi connectivity index (χ3n) is 5.09. The maximum atomic E-state index is 12.2. The standard InChI is InChI=1S/C18H34N4O.HI/c1-4-9-18(3)10-8-13-22(15-18)17(19-5-2)20-14-16(23)21-11-6-7-12-21;/h4-15H2,1-3H3,(H,19,20);1H. The summed E-state index contributed by atoms with van der Waals surface area (Å²) in [7, 11) is 0. The zero-order valence-corrected chi connectivity index (χ0v) is 18.0. The van der Waals surface area contributed by atoms with Gasteiger partial charge in [0.1, 0.15) is 6.54 Å². The molecule has 0 saturated carbocycles. The van der Waals surface area contributed by atoms with Gasteiger partial charge in [0.2, 0.25) is 5.91 Å². The van der Waals surface area contributed by atoms with E-state index < -0.39 is 0 Å². The van der Waals surface area contributed by atoms with E-state index in [0.29, 0.717) is 5.41 Å². The lowest BCUT2D eigenvalue weighted by molar-refractivity contribution is -0.128. The van der Waals surface area contributed by atoms with Crippen molar-refractivity contribution in [3.05, 3.63) is 0 Å². The van der Waals surface area contributed by atoms with Gasteiger partial charge in [-0.15, -0.1) is 24.0 Å². The Morgan fingerprint density at radius 3 is 2.42 bits per heavy atom. The number of rotatable bonds is 5. The number of aliphatic imine (C=N–C) groups is 1. The Hall–Kier alpha value is -0.530. The van der Waals surface area contributed by atoms with E-state index in [1.165, 1.54) is 25.7 Å². The minimum atomic E-state index is 0. The highest BCUT2D eigenvalue weighted by molar-refractivity contribution is 14.0. The molecule has 0 radical (unpaired) electrons. The fourth-order valence-corrected chi connectivity index (χ4v) is 3.94. The van der Waals surface area contributed by atoms with Crippen LogP contribution in [-0.4, -0.2) is 60.9 Å². The van der Waals surface area contributed by atoms with Gasteiger partial charge >= 0.3 is 0 Å². The Morgan fingerprint density at radius 2 is 1.79 bits per heavy atom. The molecule has 24 heavy (non-hydrogen) atoms. The van der Waals surface area contributed by atoms with Crippen LogP contribution in [0.25, 0.3) is 0 Å². The molecule has 2 aliphatic rings. The molecule has 0 aromatic carbocycles. The molecule has 0 aliphatic carbocycles. The Bertz CT molecular complexity index is 419. The van der Waals surface area contributed by atoms with Gasteiger partial charge in [-0.3, -0.25) is 4.79 Å². The van der Waals surface area contributed by atoms with Crippen molar-refractivity contribution in [1.29, 1.82) is 0 Å². The number of amides is 1. The Kier molecular flexibility index (Phi) is 9.37. The number of guanidine groups is 1. The molecule has 6 heteroatoms. The van der Waals surface area contributed by atoms with Crippen molar-refractivity contribution in [3.8, 4) is 0 Å². The molecule has 2 aliphatic heterocycles. The summed E-state index contributed by atoms with van der Waals surface area (Å²) in [4.78, 5) is 21.2. The average molecular weight is 450 g/mol. The number of piperidine rings is 1. The van der Waals surface area contributed by atoms with E-state index in [-0.39, 0.29) is 36.4 Å². The molecule has 140 valence electrons. The maximum Gasteiger partial charge on any atom is 0.244 e. The van der Waals surface area contributed by atoms with E-state index in [1.807, 2.05) is 4.90 Å². The van der Waals surface area contributed by atoms with E-state index in [1.54, 1.807) is 0 Å². The van der Waals surface area contributed by atoms with Crippen LogP contribution in [0.4, 0.5) is 0 Å². The molecule has 0 aromatic rings. The maximum absolute atomic E-state index is 12.2. The van der Waals surface area contributed by atoms with Crippen LogP contribution in [0.3, 0.4) is 0 Å². The van der Waals surface area contributed by atoms with Crippen LogP contribution in [0, 0.1) is 5.41 Å². The fourth-order valence-electron chi connectivity index (χ4n) is 3.94. The van der Waals surface area contributed by atoms with Crippen LogP contribution in [0.15, 0.2) is 4.99 Å². The van der Waals surface area contributed by atoms with Crippen molar-refractivity contribution < 1.29 is 4.79 Å². The first-order valence-electron chi connectivity index (χ1n) is 9.39. The monoisotopic (exact) mass is 450 g/mol. The first kappa shape index (κ1) is 21.5. The smallest absolute Gasteiger partial charge is 0.244 e. The summed E-state index contributed by atoms with van der Waals surface area (Å²) in [6, 6.07) is 0. The minimum absolute atomic E-state index is 0. The lowest BCUT2D eigenvalue weighted by Gasteiger charge is -2.42. The van der Waals surface area contributed by atoms with Crippen LogP contribution in [0.1, 0.15) is 59.3 Å². The van der Waals surface area contributed by atoms with Gasteiger partial charge in [-0.25, -0.2) is 4.99 Å². The van der Waals surface area contributed by atoms with Crippen LogP contribution in [-0.2, 0) is 4.79 Å². The third kappa shape index (κ3) is 6.08. The van der Waals surface area contributed by atoms with Crippen molar-refractivity contribution in [2.45, 2.75) is 59.3 Å². The molecule has 0 bridgehead atoms. The Balaban J connectivity index is 0.00000288. The number of halogens is 1. The van der Waals surface area contributed by atoms with Crippen LogP contribution in [0.2, 0.25) is 0 Å². The minimum Gasteiger partial charge on any atom is -0.357 e. The number of hydrogen-bond acceptors (Lipinski definition) is 2. The first-order chi connectivity index (χ1) is 11.1. The summed E-state index contributed by atoms with van der Waals surface area (Å²) in [5.74, 6) is 1.09. The molecule has 0 aromatic heterocycles. The van der Waals surface area contributed by atoms with E-state index in [4.69, 9.17) is 0 Å². The zero-order valence-electron chi connectivity index (χ0n) is 15.6. The molecule has 1 unspecified atom stereocenters. The summed E-state index contributed by atoms with van der Waals surface area (Å²) in [6.07, 6.45) is 7.26. The van der Waals surface area contributed by atoms with Crippen LogP contribution >= 0.6 is 24.0 Å². The number of nitrogens with zero attached hydrogens (tertiary/aromatic N) is 3. The van der Waals surface area contributed by atoms with Crippen molar-refractivity contribution in [2.24, 2.45) is 10.4 Å². The Morgan fingerprint density at radius 1 is 1.12 bits per heavy atom. The number of likely N-dealkylation sites (tertiary alicyclic amines) is 2. The second-order valence-corrected chi connectivity index (χ2v) is 7.34. The zero-order chi connectivity index (χ0) is 16.7. The van der Waals surface area contributed by atoms with Crippen LogP contribution in [0.5, 0.6) is 0 Å². The molecule has 2 fully saturated rings. The van der Waals surface area contributed by atoms with Crippen molar-refractivity contribution in [2.75, 3.05) is 39.3 Å². The van der Waals surface area contributed by atoms with Gasteiger partial charge < -0.3 is 15.1 Å². The fraction of sp³-hybridized carbons (Fsp3) is 0.889. The molecule has 1 N–H and O–H groups in total. The van der Waals surface area contributed by atoms with E-state index >= 15 is 0 Å². The van der Waals surface area contributed by atoms with Crippen molar-refractivity contribution in [3.63, 3.8) is 0 Å². The van der Waals surface area contributed by atoms with Crippen molar-refractivity contribution in [1.82, 2.24) is 15.1 Å². The largest absolute Gasteiger partial charge is 0.357 e. The van der Waals surface area contributed by atoms with E-state index in [0.717, 1.165) is 51.5 Å². The normalized spacial score (nSPS) is 24.7. The van der Waals surface area contributed by atoms with E-state index in [9.17, 15) is 4.79 Å². The molecule has 0 spiro atoms. The predicted octanol–water partition coefficient (Wildman–Crippen LogP) is 3.09. The highest BCUT2D eigenvalue weighted by atomic mass is 127. The molecule has 2 rings (SSSR count). The van der Waals surface area contributed by atoms with Crippen LogP contribution < -0.4 is 5.32 Å². The van der Waals surface area contributed by atoms with Gasteiger partial charge in [0, 0.05) is 32.7 Å². The lowest BCUT2D eigenvalue weighted by atomic mass is 9.78. The summed E-state index contributed by atoms with van der Waals surface area (Å²) >= 11 is 0. The molecule has 2 saturated heterocycles. The molecular weight excluding hydrogens is 415 g/mol. The highest BCUT2D eigenvalue weighted by Crippen LogP contribution is 2.33. The average Bonchev–Trinajstić information content (AvgIpc) is 3.05. The summed E-state index contributed by atoms with van der Waals surface area (Å²) in [6.45, 7) is 11.8. The predicted molar refractivity (Wildman–Crippen MR) is 111 cm³/mol. The quantitative estimate of drug-likeness (QED) is 0.398. The van der Waals surface area contributed by atoms with Gasteiger partial charge in [-0.2, -0.15) is 0 Å². The Labute approximate surface area is 164 Å². The van der Waals surface area contributed by atoms with Gasteiger partial charge in [0.25, 0.3) is 0 Å². The first-order valence-corrected chi connectivity index (χ1v) is 9.39. The third-order valence-corrected chi connectivity index (χ3v) is 5.09. The molecule has 1 amide bonds. The van der Waals surface area contributed by atoms with Crippen molar-refractivity contribution >= 4 is 35.8 Å². The molecule has 1 atom stereocenters. The summed E-state index contributed by atoms with van der Waals surface area (Å²) in [5, 5.41) is 3.38. The number of hydrogen-bond donors (Lipinski definition) is 1. The van der Waals surface area contributed by atoms with Gasteiger partial charge in [-0.05, 0) is 44.4 Å². The molecule has 2 heterocycles. The van der Waals surface area contributed by atoms with E-state index in [2.05, 4.69) is 36.0 Å². The second kappa shape index (κ2) is 10.5. The molecule has 5 nitrogen and oxygen atoms in total. The highest BCUT2D eigenvalue weighted by Gasteiger charge is 2.31. The SMILES string of the molecule is CCCC1(C)CCCN(C(=NCC(=O)N2CCCC2)NCC)C1.I. The summed E-state index contributed by atoms with van der Waals surface area (Å²) in [5.41, 5.74) is 0.377. The number of nitrogens with one attached hydrogen (secondary N) is 1. The lowest BCUT2D eigenvalue weighted by Crippen LogP contribution is -2.50. The van der Waals surface area contributed by atoms with Gasteiger partial charge in [-0.1, -0.05) is 20.3 Å². The topological polar surface area (TPSA) is 47.9 Å².